The van der Waals surface area contributed by atoms with Gasteiger partial charge in [-0.25, -0.2) is 4.98 Å². The third-order valence-corrected chi connectivity index (χ3v) is 4.39. The van der Waals surface area contributed by atoms with E-state index < -0.39 is 29.7 Å². The van der Waals surface area contributed by atoms with Crippen LogP contribution in [0.4, 0.5) is 5.82 Å². The van der Waals surface area contributed by atoms with Crippen molar-refractivity contribution < 1.29 is 34.1 Å². The summed E-state index contributed by atoms with van der Waals surface area (Å²) in [6.07, 6.45) is 1.15. The van der Waals surface area contributed by atoms with Crippen molar-refractivity contribution in [1.82, 2.24) is 4.98 Å². The number of aliphatic carboxylic acids is 2. The summed E-state index contributed by atoms with van der Waals surface area (Å²) < 4.78 is 10.1. The van der Waals surface area contributed by atoms with Crippen LogP contribution in [0.25, 0.3) is 0 Å². The van der Waals surface area contributed by atoms with Crippen molar-refractivity contribution >= 4 is 23.7 Å². The van der Waals surface area contributed by atoms with E-state index in [0.717, 1.165) is 12.9 Å². The monoisotopic (exact) mass is 402 g/mol. The SMILES string of the molecule is COC(=O)C(Cc1ccc(OCCN(C)c2ccccn2)cc1)(C(=O)O)C(=O)O. The number of carbonyl (C=O) groups is 3. The van der Waals surface area contributed by atoms with Gasteiger partial charge in [-0.05, 0) is 29.8 Å². The van der Waals surface area contributed by atoms with E-state index in [0.29, 0.717) is 24.5 Å². The largest absolute Gasteiger partial charge is 0.492 e. The molecule has 9 nitrogen and oxygen atoms in total. The second-order valence-corrected chi connectivity index (χ2v) is 6.29. The normalized spacial score (nSPS) is 10.8. The summed E-state index contributed by atoms with van der Waals surface area (Å²) in [5.41, 5.74) is -2.36. The number of likely N-dealkylation sites (N-methyl/N-ethyl adjacent to an activating group) is 1. The van der Waals surface area contributed by atoms with Crippen LogP contribution in [0.5, 0.6) is 5.75 Å². The number of benzene rings is 1. The van der Waals surface area contributed by atoms with Gasteiger partial charge in [0.1, 0.15) is 18.2 Å². The van der Waals surface area contributed by atoms with Gasteiger partial charge in [-0.1, -0.05) is 18.2 Å². The molecule has 1 aromatic heterocycles. The van der Waals surface area contributed by atoms with Gasteiger partial charge in [-0.3, -0.25) is 14.4 Å². The van der Waals surface area contributed by atoms with Gasteiger partial charge in [0.05, 0.1) is 13.7 Å². The predicted octanol–water partition coefficient (Wildman–Crippen LogP) is 1.47. The van der Waals surface area contributed by atoms with Gasteiger partial charge in [0.15, 0.2) is 0 Å². The Hall–Kier alpha value is -3.62. The number of carboxylic acids is 2. The van der Waals surface area contributed by atoms with E-state index in [9.17, 15) is 24.6 Å². The maximum Gasteiger partial charge on any atom is 0.335 e. The average molecular weight is 402 g/mol. The molecular formula is C20H22N2O7. The highest BCUT2D eigenvalue weighted by Crippen LogP contribution is 2.27. The van der Waals surface area contributed by atoms with Gasteiger partial charge in [0.25, 0.3) is 5.41 Å². The molecule has 0 unspecified atom stereocenters. The number of ether oxygens (including phenoxy) is 2. The highest BCUT2D eigenvalue weighted by molar-refractivity contribution is 6.17. The lowest BCUT2D eigenvalue weighted by atomic mass is 9.81. The molecule has 0 bridgehead atoms. The first kappa shape index (κ1) is 21.7. The lowest BCUT2D eigenvalue weighted by Crippen LogP contribution is -2.48. The molecular weight excluding hydrogens is 380 g/mol. The van der Waals surface area contributed by atoms with E-state index in [1.54, 1.807) is 18.3 Å². The van der Waals surface area contributed by atoms with Crippen LogP contribution in [-0.4, -0.2) is 60.4 Å². The minimum atomic E-state index is -2.71. The van der Waals surface area contributed by atoms with Crippen LogP contribution >= 0.6 is 0 Å². The van der Waals surface area contributed by atoms with Crippen LogP contribution in [-0.2, 0) is 25.5 Å². The molecule has 29 heavy (non-hydrogen) atoms. The Morgan fingerprint density at radius 1 is 1.07 bits per heavy atom. The third-order valence-electron chi connectivity index (χ3n) is 4.39. The van der Waals surface area contributed by atoms with Crippen molar-refractivity contribution in [1.29, 1.82) is 0 Å². The lowest BCUT2D eigenvalue weighted by Gasteiger charge is -2.22. The molecule has 2 rings (SSSR count). The van der Waals surface area contributed by atoms with E-state index in [4.69, 9.17) is 4.74 Å². The molecule has 0 fully saturated rings. The number of pyridine rings is 1. The zero-order valence-electron chi connectivity index (χ0n) is 16.1. The summed E-state index contributed by atoms with van der Waals surface area (Å²) in [5, 5.41) is 18.7. The molecule has 0 spiro atoms. The Bertz CT molecular complexity index is 839. The molecule has 2 N–H and O–H groups in total. The first-order valence-corrected chi connectivity index (χ1v) is 8.70. The van der Waals surface area contributed by atoms with Gasteiger partial charge in [-0.2, -0.15) is 0 Å². The lowest BCUT2D eigenvalue weighted by molar-refractivity contribution is -0.177. The number of rotatable bonds is 10. The summed E-state index contributed by atoms with van der Waals surface area (Å²) in [7, 11) is 2.83. The summed E-state index contributed by atoms with van der Waals surface area (Å²) in [4.78, 5) is 41.1. The topological polar surface area (TPSA) is 126 Å². The smallest absolute Gasteiger partial charge is 0.335 e. The molecule has 0 aliphatic rings. The van der Waals surface area contributed by atoms with Crippen LogP contribution < -0.4 is 9.64 Å². The molecule has 0 saturated heterocycles. The van der Waals surface area contributed by atoms with Gasteiger partial charge < -0.3 is 24.6 Å². The summed E-state index contributed by atoms with van der Waals surface area (Å²) >= 11 is 0. The van der Waals surface area contributed by atoms with Gasteiger partial charge in [0.2, 0.25) is 0 Å². The van der Waals surface area contributed by atoms with E-state index in [2.05, 4.69) is 9.72 Å². The van der Waals surface area contributed by atoms with Crippen LogP contribution in [0.15, 0.2) is 48.7 Å². The zero-order chi connectivity index (χ0) is 21.4. The van der Waals surface area contributed by atoms with Gasteiger partial charge >= 0.3 is 17.9 Å². The Labute approximate surface area is 167 Å². The molecule has 0 radical (unpaired) electrons. The van der Waals surface area contributed by atoms with Crippen molar-refractivity contribution in [3.63, 3.8) is 0 Å². The third kappa shape index (κ3) is 5.01. The number of methoxy groups -OCH3 is 1. The Balaban J connectivity index is 2.01. The molecule has 154 valence electrons. The van der Waals surface area contributed by atoms with E-state index in [1.807, 2.05) is 30.1 Å². The number of carbonyl (C=O) groups excluding carboxylic acids is 1. The molecule has 9 heteroatoms. The molecule has 0 aliphatic heterocycles. The Kier molecular flexibility index (Phi) is 7.13. The van der Waals surface area contributed by atoms with E-state index >= 15 is 0 Å². The minimum absolute atomic E-state index is 0.346. The number of esters is 1. The first-order chi connectivity index (χ1) is 13.8. The number of hydrogen-bond donors (Lipinski definition) is 2. The number of aromatic nitrogens is 1. The van der Waals surface area contributed by atoms with Crippen molar-refractivity contribution in [3.8, 4) is 5.75 Å². The second-order valence-electron chi connectivity index (χ2n) is 6.29. The van der Waals surface area contributed by atoms with Gasteiger partial charge in [0, 0.05) is 19.7 Å². The maximum absolute atomic E-state index is 11.9. The molecule has 0 amide bonds. The van der Waals surface area contributed by atoms with Crippen LogP contribution in [0.3, 0.4) is 0 Å². The number of carboxylic acid groups (broad SMARTS) is 2. The average Bonchev–Trinajstić information content (AvgIpc) is 2.72. The van der Waals surface area contributed by atoms with Crippen LogP contribution in [0, 0.1) is 5.41 Å². The Morgan fingerprint density at radius 3 is 2.24 bits per heavy atom. The van der Waals surface area contributed by atoms with Crippen molar-refractivity contribution in [2.45, 2.75) is 6.42 Å². The molecule has 0 atom stereocenters. The molecule has 2 aromatic rings. The fourth-order valence-electron chi connectivity index (χ4n) is 2.67. The van der Waals surface area contributed by atoms with Crippen molar-refractivity contribution in [3.05, 3.63) is 54.2 Å². The van der Waals surface area contributed by atoms with Gasteiger partial charge in [-0.15, -0.1) is 0 Å². The summed E-state index contributed by atoms with van der Waals surface area (Å²) in [5.74, 6) is -3.56. The van der Waals surface area contributed by atoms with Crippen molar-refractivity contribution in [2.75, 3.05) is 32.2 Å². The number of anilines is 1. The summed E-state index contributed by atoms with van der Waals surface area (Å²) in [6, 6.07) is 11.8. The van der Waals surface area contributed by atoms with E-state index in [1.165, 1.54) is 12.1 Å². The van der Waals surface area contributed by atoms with Crippen LogP contribution in [0.1, 0.15) is 5.56 Å². The minimum Gasteiger partial charge on any atom is -0.492 e. The fraction of sp³-hybridized carbons (Fsp3) is 0.300. The molecule has 0 aliphatic carbocycles. The highest BCUT2D eigenvalue weighted by Gasteiger charge is 2.55. The standard InChI is InChI=1S/C20H22N2O7/c1-22(16-5-3-4-10-21-16)11-12-29-15-8-6-14(7-9-15)13-20(17(23)24,18(25)26)19(27)28-2/h3-10H,11-13H2,1-2H3,(H,23,24)(H,25,26). The van der Waals surface area contributed by atoms with Crippen LogP contribution in [0.2, 0.25) is 0 Å². The molecule has 1 aromatic carbocycles. The fourth-order valence-corrected chi connectivity index (χ4v) is 2.67. The summed E-state index contributed by atoms with van der Waals surface area (Å²) in [6.45, 7) is 0.963. The predicted molar refractivity (Wildman–Crippen MR) is 103 cm³/mol. The number of hydrogen-bond acceptors (Lipinski definition) is 7. The highest BCUT2D eigenvalue weighted by atomic mass is 16.5. The second kappa shape index (κ2) is 9.54. The quantitative estimate of drug-likeness (QED) is 0.449. The first-order valence-electron chi connectivity index (χ1n) is 8.70. The molecule has 1 heterocycles. The molecule has 0 saturated carbocycles. The Morgan fingerprint density at radius 2 is 1.72 bits per heavy atom. The number of nitrogens with zero attached hydrogens (tertiary/aromatic N) is 2. The maximum atomic E-state index is 11.9. The van der Waals surface area contributed by atoms with E-state index in [-0.39, 0.29) is 0 Å². The van der Waals surface area contributed by atoms with Crippen molar-refractivity contribution in [2.24, 2.45) is 5.41 Å². The zero-order valence-corrected chi connectivity index (χ0v) is 16.1.